The maximum atomic E-state index is 12.0. The van der Waals surface area contributed by atoms with E-state index in [1.54, 1.807) is 18.2 Å². The Morgan fingerprint density at radius 3 is 2.84 bits per heavy atom. The number of aliphatic imine (C=N–C) groups is 1. The van der Waals surface area contributed by atoms with Gasteiger partial charge >= 0.3 is 5.97 Å². The van der Waals surface area contributed by atoms with E-state index in [1.165, 1.54) is 6.07 Å². The summed E-state index contributed by atoms with van der Waals surface area (Å²) in [6.45, 7) is -0.0406. The van der Waals surface area contributed by atoms with E-state index in [4.69, 9.17) is 4.74 Å². The van der Waals surface area contributed by atoms with E-state index in [2.05, 4.69) is 4.99 Å². The molecule has 0 amide bonds. The summed E-state index contributed by atoms with van der Waals surface area (Å²) in [7, 11) is 0. The first-order chi connectivity index (χ1) is 9.09. The Balaban J connectivity index is 2.13. The zero-order valence-corrected chi connectivity index (χ0v) is 9.87. The molecule has 0 bridgehead atoms. The Morgan fingerprint density at radius 1 is 1.37 bits per heavy atom. The molecule has 0 saturated heterocycles. The zero-order chi connectivity index (χ0) is 13.8. The van der Waals surface area contributed by atoms with Gasteiger partial charge in [-0.2, -0.15) is 0 Å². The number of ketones is 1. The number of carbonyl (C=O) groups excluding carboxylic acids is 3. The number of hydrogen-bond donors (Lipinski definition) is 0. The number of esters is 1. The third kappa shape index (κ3) is 2.85. The van der Waals surface area contributed by atoms with E-state index in [-0.39, 0.29) is 18.7 Å². The molecule has 0 aliphatic carbocycles. The standard InChI is InChI=1S/C13H11NO5/c15-11(16)5-6-14-7-9-12(17)8-3-1-2-4-10(8)19-13(9)18/h1-4,7,9H,5-6H2,(H,15,16)/p-1/t9-/m0/s1. The van der Waals surface area contributed by atoms with Crippen molar-refractivity contribution in [1.82, 2.24) is 0 Å². The van der Waals surface area contributed by atoms with Crippen LogP contribution in [0.5, 0.6) is 5.75 Å². The van der Waals surface area contributed by atoms with E-state index in [1.807, 2.05) is 0 Å². The van der Waals surface area contributed by atoms with Crippen molar-refractivity contribution in [3.05, 3.63) is 29.8 Å². The number of fused-ring (bicyclic) bond motifs is 1. The fraction of sp³-hybridized carbons (Fsp3) is 0.231. The van der Waals surface area contributed by atoms with Crippen LogP contribution in [0, 0.1) is 5.92 Å². The van der Waals surface area contributed by atoms with Gasteiger partial charge in [0.15, 0.2) is 11.7 Å². The number of carboxylic acid groups (broad SMARTS) is 1. The second kappa shape index (κ2) is 5.43. The minimum atomic E-state index is -1.24. The summed E-state index contributed by atoms with van der Waals surface area (Å²) >= 11 is 0. The number of para-hydroxylation sites is 1. The second-order valence-corrected chi connectivity index (χ2v) is 3.94. The van der Waals surface area contributed by atoms with Gasteiger partial charge in [-0.25, -0.2) is 0 Å². The van der Waals surface area contributed by atoms with Crippen LogP contribution in [0.2, 0.25) is 0 Å². The Labute approximate surface area is 108 Å². The van der Waals surface area contributed by atoms with Gasteiger partial charge in [-0.1, -0.05) is 12.1 Å². The number of ether oxygens (including phenoxy) is 1. The predicted molar refractivity (Wildman–Crippen MR) is 62.9 cm³/mol. The van der Waals surface area contributed by atoms with Crippen molar-refractivity contribution >= 4 is 23.9 Å². The van der Waals surface area contributed by atoms with Crippen LogP contribution < -0.4 is 9.84 Å². The average molecular weight is 260 g/mol. The first-order valence-electron chi connectivity index (χ1n) is 5.64. The van der Waals surface area contributed by atoms with Gasteiger partial charge in [0, 0.05) is 25.1 Å². The number of hydrogen-bond acceptors (Lipinski definition) is 6. The van der Waals surface area contributed by atoms with E-state index in [0.29, 0.717) is 5.56 Å². The molecule has 0 unspecified atom stereocenters. The highest BCUT2D eigenvalue weighted by Crippen LogP contribution is 2.26. The molecule has 2 rings (SSSR count). The largest absolute Gasteiger partial charge is 0.550 e. The van der Waals surface area contributed by atoms with Crippen molar-refractivity contribution in [1.29, 1.82) is 0 Å². The molecular formula is C13H10NO5-. The van der Waals surface area contributed by atoms with Crippen LogP contribution in [0.3, 0.4) is 0 Å². The molecule has 1 aliphatic heterocycles. The maximum Gasteiger partial charge on any atom is 0.327 e. The van der Waals surface area contributed by atoms with Gasteiger partial charge in [0.1, 0.15) is 5.75 Å². The quantitative estimate of drug-likeness (QED) is 0.318. The average Bonchev–Trinajstić information content (AvgIpc) is 2.37. The van der Waals surface area contributed by atoms with Crippen molar-refractivity contribution in [2.75, 3.05) is 6.54 Å². The van der Waals surface area contributed by atoms with E-state index in [0.717, 1.165) is 6.21 Å². The Kier molecular flexibility index (Phi) is 3.70. The second-order valence-electron chi connectivity index (χ2n) is 3.94. The summed E-state index contributed by atoms with van der Waals surface area (Å²) < 4.78 is 5.01. The lowest BCUT2D eigenvalue weighted by molar-refractivity contribution is -0.305. The fourth-order valence-corrected chi connectivity index (χ4v) is 1.67. The number of benzene rings is 1. The summed E-state index contributed by atoms with van der Waals surface area (Å²) in [5, 5.41) is 10.2. The van der Waals surface area contributed by atoms with Gasteiger partial charge in [0.2, 0.25) is 0 Å². The number of aliphatic carboxylic acids is 1. The molecular weight excluding hydrogens is 250 g/mol. The van der Waals surface area contributed by atoms with Gasteiger partial charge in [-0.05, 0) is 12.1 Å². The molecule has 0 saturated carbocycles. The van der Waals surface area contributed by atoms with Gasteiger partial charge in [0.25, 0.3) is 0 Å². The van der Waals surface area contributed by atoms with Crippen molar-refractivity contribution < 1.29 is 24.2 Å². The van der Waals surface area contributed by atoms with Gasteiger partial charge in [-0.3, -0.25) is 14.6 Å². The molecule has 0 radical (unpaired) electrons. The first kappa shape index (κ1) is 12.9. The molecule has 0 aromatic heterocycles. The topological polar surface area (TPSA) is 95.9 Å². The molecule has 1 aromatic rings. The molecule has 0 fully saturated rings. The van der Waals surface area contributed by atoms with Crippen LogP contribution in [0.4, 0.5) is 0 Å². The van der Waals surface area contributed by atoms with Gasteiger partial charge < -0.3 is 14.6 Å². The van der Waals surface area contributed by atoms with Gasteiger partial charge in [0.05, 0.1) is 5.56 Å². The number of carboxylic acids is 1. The highest BCUT2D eigenvalue weighted by atomic mass is 16.5. The van der Waals surface area contributed by atoms with Crippen molar-refractivity contribution in [3.63, 3.8) is 0 Å². The minimum Gasteiger partial charge on any atom is -0.550 e. The number of nitrogens with zero attached hydrogens (tertiary/aromatic N) is 1. The Morgan fingerprint density at radius 2 is 2.11 bits per heavy atom. The highest BCUT2D eigenvalue weighted by Gasteiger charge is 2.34. The van der Waals surface area contributed by atoms with E-state index < -0.39 is 23.6 Å². The summed E-state index contributed by atoms with van der Waals surface area (Å²) in [5.41, 5.74) is 0.318. The van der Waals surface area contributed by atoms with Crippen LogP contribution in [-0.4, -0.2) is 30.5 Å². The summed E-state index contributed by atoms with van der Waals surface area (Å²) in [5.74, 6) is -3.22. The smallest absolute Gasteiger partial charge is 0.327 e. The zero-order valence-electron chi connectivity index (χ0n) is 9.87. The monoisotopic (exact) mass is 260 g/mol. The molecule has 6 heteroatoms. The number of Topliss-reactive ketones (excluding diaryl/α,β-unsaturated/α-hetero) is 1. The highest BCUT2D eigenvalue weighted by molar-refractivity contribution is 6.21. The summed E-state index contributed by atoms with van der Waals surface area (Å²) in [6.07, 6.45) is 0.868. The lowest BCUT2D eigenvalue weighted by atomic mass is 9.95. The molecule has 98 valence electrons. The molecule has 0 spiro atoms. The number of carbonyl (C=O) groups is 3. The predicted octanol–water partition coefficient (Wildman–Crippen LogP) is -0.385. The van der Waals surface area contributed by atoms with Crippen LogP contribution >= 0.6 is 0 Å². The molecule has 1 aromatic carbocycles. The minimum absolute atomic E-state index is 0.0406. The van der Waals surface area contributed by atoms with Crippen LogP contribution in [0.15, 0.2) is 29.3 Å². The Bertz CT molecular complexity index is 564. The molecule has 6 nitrogen and oxygen atoms in total. The lowest BCUT2D eigenvalue weighted by Gasteiger charge is -2.19. The van der Waals surface area contributed by atoms with E-state index in [9.17, 15) is 19.5 Å². The molecule has 1 heterocycles. The molecule has 0 N–H and O–H groups in total. The molecule has 19 heavy (non-hydrogen) atoms. The molecule has 1 aliphatic rings. The van der Waals surface area contributed by atoms with Gasteiger partial charge in [-0.15, -0.1) is 0 Å². The summed E-state index contributed by atoms with van der Waals surface area (Å²) in [6, 6.07) is 6.43. The Hall–Kier alpha value is -2.50. The van der Waals surface area contributed by atoms with E-state index >= 15 is 0 Å². The number of rotatable bonds is 4. The lowest BCUT2D eigenvalue weighted by Crippen LogP contribution is -2.34. The van der Waals surface area contributed by atoms with Crippen molar-refractivity contribution in [2.24, 2.45) is 10.9 Å². The van der Waals surface area contributed by atoms with Crippen LogP contribution in [0.25, 0.3) is 0 Å². The maximum absolute atomic E-state index is 12.0. The van der Waals surface area contributed by atoms with Crippen molar-refractivity contribution in [2.45, 2.75) is 6.42 Å². The summed E-state index contributed by atoms with van der Waals surface area (Å²) in [4.78, 5) is 37.6. The fourth-order valence-electron chi connectivity index (χ4n) is 1.67. The van der Waals surface area contributed by atoms with Crippen molar-refractivity contribution in [3.8, 4) is 5.75 Å². The normalized spacial score (nSPS) is 18.2. The van der Waals surface area contributed by atoms with Crippen LogP contribution in [-0.2, 0) is 9.59 Å². The third-order valence-electron chi connectivity index (χ3n) is 2.60. The third-order valence-corrected chi connectivity index (χ3v) is 2.60. The van der Waals surface area contributed by atoms with Crippen LogP contribution in [0.1, 0.15) is 16.8 Å². The SMILES string of the molecule is O=C([O-])CCN=C[C@@H]1C(=O)Oc2ccccc2C1=O. The molecule has 1 atom stereocenters. The first-order valence-corrected chi connectivity index (χ1v) is 5.64.